The van der Waals surface area contributed by atoms with Crippen LogP contribution in [0.1, 0.15) is 38.9 Å². The number of hydrogen-bond acceptors (Lipinski definition) is 5. The van der Waals surface area contributed by atoms with Crippen LogP contribution in [0.25, 0.3) is 0 Å². The van der Waals surface area contributed by atoms with Gasteiger partial charge in [-0.1, -0.05) is 30.3 Å². The van der Waals surface area contributed by atoms with Gasteiger partial charge in [-0.2, -0.15) is 10.5 Å². The quantitative estimate of drug-likeness (QED) is 0.694. The Morgan fingerprint density at radius 1 is 0.955 bits per heavy atom. The molecule has 118 valence electrons. The lowest BCUT2D eigenvalue weighted by Crippen LogP contribution is -2.18. The van der Waals surface area contributed by atoms with Crippen molar-refractivity contribution in [1.29, 1.82) is 10.5 Å². The molecule has 1 unspecified atom stereocenters. The first-order valence-electron chi connectivity index (χ1n) is 7.14. The second-order valence-electron chi connectivity index (χ2n) is 5.44. The fourth-order valence-corrected chi connectivity index (χ4v) is 4.64. The van der Waals surface area contributed by atoms with Gasteiger partial charge in [0.1, 0.15) is 5.66 Å². The molecule has 1 atom stereocenters. The molecule has 0 saturated heterocycles. The number of hydrogen-bond donors (Lipinski definition) is 0. The van der Waals surface area contributed by atoms with E-state index in [9.17, 15) is 15.1 Å². The van der Waals surface area contributed by atoms with Crippen molar-refractivity contribution >= 4 is 7.60 Å². The number of nitrogens with zero attached hydrogens (tertiary/aromatic N) is 2. The summed E-state index contributed by atoms with van der Waals surface area (Å²) in [7, 11) is -3.70. The molecule has 0 radical (unpaired) electrons. The first kappa shape index (κ1) is 18.4. The van der Waals surface area contributed by atoms with Gasteiger partial charge in [0.2, 0.25) is 0 Å². The molecule has 0 aliphatic heterocycles. The van der Waals surface area contributed by atoms with Crippen LogP contribution in [0.5, 0.6) is 0 Å². The Balaban J connectivity index is 3.41. The van der Waals surface area contributed by atoms with E-state index in [1.807, 2.05) is 18.2 Å². The highest BCUT2D eigenvalue weighted by molar-refractivity contribution is 7.54. The van der Waals surface area contributed by atoms with Crippen molar-refractivity contribution in [2.45, 2.75) is 45.6 Å². The predicted octanol–water partition coefficient (Wildman–Crippen LogP) is 4.43. The minimum Gasteiger partial charge on any atom is -0.305 e. The molecule has 6 heteroatoms. The molecule has 1 rings (SSSR count). The normalized spacial score (nSPS) is 13.1. The van der Waals surface area contributed by atoms with Gasteiger partial charge < -0.3 is 9.05 Å². The lowest BCUT2D eigenvalue weighted by atomic mass is 10.0. The van der Waals surface area contributed by atoms with E-state index in [1.54, 1.807) is 52.0 Å². The van der Waals surface area contributed by atoms with Crippen LogP contribution in [0.15, 0.2) is 30.3 Å². The van der Waals surface area contributed by atoms with E-state index in [0.29, 0.717) is 5.56 Å². The van der Waals surface area contributed by atoms with E-state index in [0.717, 1.165) is 0 Å². The van der Waals surface area contributed by atoms with E-state index < -0.39 is 19.2 Å². The fraction of sp³-hybridized carbons (Fsp3) is 0.500. The zero-order valence-corrected chi connectivity index (χ0v) is 14.2. The molecule has 0 bridgehead atoms. The first-order chi connectivity index (χ1) is 10.3. The zero-order valence-electron chi connectivity index (χ0n) is 13.3. The average molecular weight is 320 g/mol. The Hall–Kier alpha value is -1.65. The van der Waals surface area contributed by atoms with Crippen molar-refractivity contribution in [2.24, 2.45) is 5.92 Å². The smallest absolute Gasteiger partial charge is 0.305 e. The topological polar surface area (TPSA) is 83.1 Å². The molecule has 0 amide bonds. The molecule has 0 aliphatic rings. The van der Waals surface area contributed by atoms with E-state index in [4.69, 9.17) is 9.05 Å². The fourth-order valence-electron chi connectivity index (χ4n) is 2.12. The van der Waals surface area contributed by atoms with E-state index in [-0.39, 0.29) is 12.2 Å². The number of nitriles is 2. The summed E-state index contributed by atoms with van der Waals surface area (Å²) in [5.41, 5.74) is -0.339. The molecule has 5 nitrogen and oxygen atoms in total. The molecular weight excluding hydrogens is 299 g/mol. The third-order valence-corrected chi connectivity index (χ3v) is 5.50. The maximum atomic E-state index is 13.3. The molecule has 0 aromatic heterocycles. The minimum absolute atomic E-state index is 0.353. The summed E-state index contributed by atoms with van der Waals surface area (Å²) < 4.78 is 24.5. The summed E-state index contributed by atoms with van der Waals surface area (Å²) in [5, 5.41) is 18.6. The van der Waals surface area contributed by atoms with Crippen LogP contribution >= 0.6 is 7.60 Å². The summed E-state index contributed by atoms with van der Waals surface area (Å²) in [4.78, 5) is 0. The standard InChI is InChI=1S/C16H21N2O3P/c1-12(2)20-22(19,21-13(3)4)16(15(10-17)11-18)14-8-6-5-7-9-14/h5-9,12-13,15-16H,1-4H3. The first-order valence-corrected chi connectivity index (χ1v) is 8.76. The summed E-state index contributed by atoms with van der Waals surface area (Å²) in [6, 6.07) is 12.6. The van der Waals surface area contributed by atoms with Gasteiger partial charge in [0.25, 0.3) is 0 Å². The van der Waals surface area contributed by atoms with Gasteiger partial charge in [-0.3, -0.25) is 4.57 Å². The molecule has 1 aromatic rings. The summed E-state index contributed by atoms with van der Waals surface area (Å²) in [6.07, 6.45) is -0.706. The molecule has 0 fully saturated rings. The van der Waals surface area contributed by atoms with Crippen LogP contribution in [0.4, 0.5) is 0 Å². The maximum absolute atomic E-state index is 13.3. The van der Waals surface area contributed by atoms with Crippen molar-refractivity contribution in [2.75, 3.05) is 0 Å². The van der Waals surface area contributed by atoms with Crippen molar-refractivity contribution in [1.82, 2.24) is 0 Å². The van der Waals surface area contributed by atoms with Gasteiger partial charge in [0.05, 0.1) is 24.3 Å². The van der Waals surface area contributed by atoms with Crippen LogP contribution in [0, 0.1) is 28.6 Å². The Morgan fingerprint density at radius 2 is 1.41 bits per heavy atom. The maximum Gasteiger partial charge on any atom is 0.340 e. The van der Waals surface area contributed by atoms with Gasteiger partial charge >= 0.3 is 7.60 Å². The summed E-state index contributed by atoms with van der Waals surface area (Å²) in [6.45, 7) is 6.97. The molecule has 22 heavy (non-hydrogen) atoms. The largest absolute Gasteiger partial charge is 0.340 e. The molecule has 0 N–H and O–H groups in total. The summed E-state index contributed by atoms with van der Waals surface area (Å²) >= 11 is 0. The molecule has 0 heterocycles. The van der Waals surface area contributed by atoms with Crippen molar-refractivity contribution in [3.8, 4) is 12.1 Å². The third-order valence-electron chi connectivity index (χ3n) is 2.79. The van der Waals surface area contributed by atoms with Crippen molar-refractivity contribution < 1.29 is 13.6 Å². The van der Waals surface area contributed by atoms with Gasteiger partial charge in [-0.05, 0) is 33.3 Å². The second-order valence-corrected chi connectivity index (χ2v) is 7.50. The SMILES string of the molecule is CC(C)OP(=O)(OC(C)C)C(c1ccccc1)C(C#N)C#N. The lowest BCUT2D eigenvalue weighted by molar-refractivity contribution is 0.135. The Morgan fingerprint density at radius 3 is 1.77 bits per heavy atom. The highest BCUT2D eigenvalue weighted by atomic mass is 31.2. The van der Waals surface area contributed by atoms with Crippen molar-refractivity contribution in [3.05, 3.63) is 35.9 Å². The Bertz CT molecular complexity index is 574. The molecule has 1 aromatic carbocycles. The monoisotopic (exact) mass is 320 g/mol. The van der Waals surface area contributed by atoms with E-state index in [2.05, 4.69) is 0 Å². The number of rotatable bonds is 7. The van der Waals surface area contributed by atoms with Crippen molar-refractivity contribution in [3.63, 3.8) is 0 Å². The third kappa shape index (κ3) is 4.68. The Labute approximate surface area is 132 Å². The molecule has 0 aliphatic carbocycles. The van der Waals surface area contributed by atoms with E-state index in [1.165, 1.54) is 0 Å². The van der Waals surface area contributed by atoms with Crippen LogP contribution in [0.3, 0.4) is 0 Å². The molecule has 0 saturated carbocycles. The Kier molecular flexibility index (Phi) is 6.78. The van der Waals surface area contributed by atoms with Gasteiger partial charge in [-0.15, -0.1) is 0 Å². The number of benzene rings is 1. The predicted molar refractivity (Wildman–Crippen MR) is 83.9 cm³/mol. The van der Waals surface area contributed by atoms with Gasteiger partial charge in [0, 0.05) is 0 Å². The van der Waals surface area contributed by atoms with Crippen LogP contribution in [-0.2, 0) is 13.6 Å². The van der Waals surface area contributed by atoms with E-state index >= 15 is 0 Å². The summed E-state index contributed by atoms with van der Waals surface area (Å²) in [5.74, 6) is -1.12. The minimum atomic E-state index is -3.70. The zero-order chi connectivity index (χ0) is 16.8. The van der Waals surface area contributed by atoms with Crippen LogP contribution in [-0.4, -0.2) is 12.2 Å². The van der Waals surface area contributed by atoms with Gasteiger partial charge in [0.15, 0.2) is 5.92 Å². The lowest BCUT2D eigenvalue weighted by Gasteiger charge is -2.30. The second kappa shape index (κ2) is 8.11. The molecule has 0 spiro atoms. The highest BCUT2D eigenvalue weighted by Crippen LogP contribution is 2.65. The highest BCUT2D eigenvalue weighted by Gasteiger charge is 2.44. The average Bonchev–Trinajstić information content (AvgIpc) is 2.43. The van der Waals surface area contributed by atoms with Crippen LogP contribution < -0.4 is 0 Å². The molecular formula is C16H21N2O3P. The van der Waals surface area contributed by atoms with Gasteiger partial charge in [-0.25, -0.2) is 0 Å². The van der Waals surface area contributed by atoms with Crippen LogP contribution in [0.2, 0.25) is 0 Å².